The Morgan fingerprint density at radius 2 is 1.93 bits per heavy atom. The number of methoxy groups -OCH3 is 1. The monoisotopic (exact) mass is 406 g/mol. The lowest BCUT2D eigenvalue weighted by Crippen LogP contribution is -2.11. The predicted molar refractivity (Wildman–Crippen MR) is 111 cm³/mol. The summed E-state index contributed by atoms with van der Waals surface area (Å²) < 4.78 is 16.5. The van der Waals surface area contributed by atoms with Gasteiger partial charge in [-0.2, -0.15) is 0 Å². The van der Waals surface area contributed by atoms with E-state index in [1.807, 2.05) is 24.4 Å². The SMILES string of the molecule is COc1ccc(C(=O)COc2cc(C)c3c(c2)O/C(=C\c2cccs2)C3=O)cc1. The van der Waals surface area contributed by atoms with Crippen molar-refractivity contribution in [3.63, 3.8) is 0 Å². The summed E-state index contributed by atoms with van der Waals surface area (Å²) in [7, 11) is 1.57. The lowest BCUT2D eigenvalue weighted by molar-refractivity contribution is 0.0920. The average Bonchev–Trinajstić information content (AvgIpc) is 3.35. The number of ether oxygens (including phenoxy) is 3. The Kier molecular flexibility index (Phi) is 5.18. The topological polar surface area (TPSA) is 61.8 Å². The van der Waals surface area contributed by atoms with E-state index in [0.29, 0.717) is 28.4 Å². The van der Waals surface area contributed by atoms with Gasteiger partial charge in [-0.15, -0.1) is 11.3 Å². The number of hydrogen-bond donors (Lipinski definition) is 0. The van der Waals surface area contributed by atoms with Crippen molar-refractivity contribution < 1.29 is 23.8 Å². The lowest BCUT2D eigenvalue weighted by Gasteiger charge is -2.09. The van der Waals surface area contributed by atoms with E-state index in [1.54, 1.807) is 49.6 Å². The number of Topliss-reactive ketones (excluding diaryl/α,β-unsaturated/α-hetero) is 2. The Hall–Kier alpha value is -3.38. The standard InChI is InChI=1S/C23H18O5S/c1-14-10-17(27-13-19(24)15-5-7-16(26-2)8-6-15)11-20-22(14)23(25)21(28-20)12-18-4-3-9-29-18/h3-12H,13H2,1-2H3/b21-12-. The Morgan fingerprint density at radius 3 is 2.62 bits per heavy atom. The molecule has 1 aliphatic rings. The van der Waals surface area contributed by atoms with Gasteiger partial charge >= 0.3 is 0 Å². The molecule has 0 bridgehead atoms. The summed E-state index contributed by atoms with van der Waals surface area (Å²) >= 11 is 1.53. The maximum atomic E-state index is 12.7. The molecule has 0 N–H and O–H groups in total. The number of fused-ring (bicyclic) bond motifs is 1. The van der Waals surface area contributed by atoms with Gasteiger partial charge in [0, 0.05) is 22.6 Å². The van der Waals surface area contributed by atoms with E-state index in [4.69, 9.17) is 14.2 Å². The normalized spacial score (nSPS) is 13.9. The summed E-state index contributed by atoms with van der Waals surface area (Å²) in [6.45, 7) is 1.71. The number of thiophene rings is 1. The molecule has 0 saturated heterocycles. The third-order valence-corrected chi connectivity index (χ3v) is 5.36. The third kappa shape index (κ3) is 3.93. The molecular formula is C23H18O5S. The van der Waals surface area contributed by atoms with Crippen LogP contribution in [0.5, 0.6) is 17.2 Å². The first-order valence-electron chi connectivity index (χ1n) is 8.97. The molecule has 1 aromatic heterocycles. The number of ketones is 2. The first-order chi connectivity index (χ1) is 14.0. The number of rotatable bonds is 6. The summed E-state index contributed by atoms with van der Waals surface area (Å²) in [6.07, 6.45) is 1.74. The maximum absolute atomic E-state index is 12.7. The molecule has 6 heteroatoms. The molecule has 0 amide bonds. The zero-order valence-electron chi connectivity index (χ0n) is 15.9. The first kappa shape index (κ1) is 19.0. The van der Waals surface area contributed by atoms with Crippen LogP contribution >= 0.6 is 11.3 Å². The fourth-order valence-corrected chi connectivity index (χ4v) is 3.72. The van der Waals surface area contributed by atoms with Gasteiger partial charge in [-0.25, -0.2) is 0 Å². The van der Waals surface area contributed by atoms with E-state index in [2.05, 4.69) is 0 Å². The quantitative estimate of drug-likeness (QED) is 0.428. The summed E-state index contributed by atoms with van der Waals surface area (Å²) in [5.41, 5.74) is 1.81. The molecule has 4 rings (SSSR count). The molecule has 0 aliphatic carbocycles. The second kappa shape index (κ2) is 7.93. The highest BCUT2D eigenvalue weighted by molar-refractivity contribution is 7.10. The van der Waals surface area contributed by atoms with Crippen molar-refractivity contribution in [2.24, 2.45) is 0 Å². The molecule has 0 saturated carbocycles. The van der Waals surface area contributed by atoms with Gasteiger partial charge in [-0.05, 0) is 54.3 Å². The largest absolute Gasteiger partial charge is 0.497 e. The highest BCUT2D eigenvalue weighted by Crippen LogP contribution is 2.37. The van der Waals surface area contributed by atoms with Crippen LogP contribution in [0.25, 0.3) is 6.08 Å². The van der Waals surface area contributed by atoms with Gasteiger partial charge in [0.25, 0.3) is 0 Å². The highest BCUT2D eigenvalue weighted by atomic mass is 32.1. The molecule has 0 radical (unpaired) electrons. The van der Waals surface area contributed by atoms with Gasteiger partial charge in [0.2, 0.25) is 5.78 Å². The number of carbonyl (C=O) groups excluding carboxylic acids is 2. The molecule has 146 valence electrons. The summed E-state index contributed by atoms with van der Waals surface area (Å²) in [5, 5.41) is 1.94. The number of allylic oxidation sites excluding steroid dienone is 1. The molecule has 0 unspecified atom stereocenters. The number of carbonyl (C=O) groups is 2. The second-order valence-electron chi connectivity index (χ2n) is 6.51. The molecule has 0 fully saturated rings. The van der Waals surface area contributed by atoms with Crippen molar-refractivity contribution in [3.05, 3.63) is 81.2 Å². The van der Waals surface area contributed by atoms with Crippen molar-refractivity contribution in [2.45, 2.75) is 6.92 Å². The molecular weight excluding hydrogens is 388 g/mol. The van der Waals surface area contributed by atoms with Crippen LogP contribution in [-0.4, -0.2) is 25.3 Å². The molecule has 1 aliphatic heterocycles. The fraction of sp³-hybridized carbons (Fsp3) is 0.130. The molecule has 3 aromatic rings. The minimum Gasteiger partial charge on any atom is -0.497 e. The van der Waals surface area contributed by atoms with Gasteiger partial charge in [-0.3, -0.25) is 9.59 Å². The Labute approximate surface area is 172 Å². The summed E-state index contributed by atoms with van der Waals surface area (Å²) in [4.78, 5) is 26.0. The van der Waals surface area contributed by atoms with Gasteiger partial charge in [0.05, 0.1) is 12.7 Å². The van der Waals surface area contributed by atoms with Crippen LogP contribution in [0.3, 0.4) is 0 Å². The van der Waals surface area contributed by atoms with Crippen molar-refractivity contribution in [2.75, 3.05) is 13.7 Å². The van der Waals surface area contributed by atoms with Crippen LogP contribution in [0.2, 0.25) is 0 Å². The average molecular weight is 406 g/mol. The fourth-order valence-electron chi connectivity index (χ4n) is 3.07. The Bertz CT molecular complexity index is 1100. The van der Waals surface area contributed by atoms with Crippen LogP contribution in [0.4, 0.5) is 0 Å². The van der Waals surface area contributed by atoms with E-state index in [1.165, 1.54) is 11.3 Å². The van der Waals surface area contributed by atoms with Crippen LogP contribution < -0.4 is 14.2 Å². The van der Waals surface area contributed by atoms with Crippen molar-refractivity contribution in [3.8, 4) is 17.2 Å². The molecule has 2 aromatic carbocycles. The van der Waals surface area contributed by atoms with Crippen LogP contribution in [-0.2, 0) is 0 Å². The maximum Gasteiger partial charge on any atom is 0.232 e. The van der Waals surface area contributed by atoms with Crippen LogP contribution in [0, 0.1) is 6.92 Å². The molecule has 0 spiro atoms. The van der Waals surface area contributed by atoms with Gasteiger partial charge in [0.1, 0.15) is 17.2 Å². The minimum atomic E-state index is -0.152. The van der Waals surface area contributed by atoms with Crippen molar-refractivity contribution >= 4 is 29.0 Å². The van der Waals surface area contributed by atoms with Gasteiger partial charge < -0.3 is 14.2 Å². The van der Waals surface area contributed by atoms with E-state index < -0.39 is 0 Å². The number of aryl methyl sites for hydroxylation is 1. The third-order valence-electron chi connectivity index (χ3n) is 4.54. The van der Waals surface area contributed by atoms with E-state index in [9.17, 15) is 9.59 Å². The molecule has 5 nitrogen and oxygen atoms in total. The number of benzene rings is 2. The number of hydrogen-bond acceptors (Lipinski definition) is 6. The van der Waals surface area contributed by atoms with E-state index in [0.717, 1.165) is 10.4 Å². The lowest BCUT2D eigenvalue weighted by atomic mass is 10.0. The molecule has 2 heterocycles. The minimum absolute atomic E-state index is 0.115. The Morgan fingerprint density at radius 1 is 1.14 bits per heavy atom. The first-order valence-corrected chi connectivity index (χ1v) is 9.85. The van der Waals surface area contributed by atoms with Crippen LogP contribution in [0.15, 0.2) is 59.7 Å². The zero-order valence-corrected chi connectivity index (χ0v) is 16.7. The second-order valence-corrected chi connectivity index (χ2v) is 7.49. The summed E-state index contributed by atoms with van der Waals surface area (Å²) in [6, 6.07) is 14.1. The molecule has 29 heavy (non-hydrogen) atoms. The van der Waals surface area contributed by atoms with Crippen molar-refractivity contribution in [1.82, 2.24) is 0 Å². The van der Waals surface area contributed by atoms with E-state index >= 15 is 0 Å². The van der Waals surface area contributed by atoms with Crippen LogP contribution in [0.1, 0.15) is 31.2 Å². The van der Waals surface area contributed by atoms with Gasteiger partial charge in [-0.1, -0.05) is 6.07 Å². The highest BCUT2D eigenvalue weighted by Gasteiger charge is 2.30. The van der Waals surface area contributed by atoms with E-state index in [-0.39, 0.29) is 23.9 Å². The predicted octanol–water partition coefficient (Wildman–Crippen LogP) is 4.94. The van der Waals surface area contributed by atoms with Crippen molar-refractivity contribution in [1.29, 1.82) is 0 Å². The Balaban J connectivity index is 1.49. The summed E-state index contributed by atoms with van der Waals surface area (Å²) in [5.74, 6) is 1.60. The molecule has 0 atom stereocenters. The van der Waals surface area contributed by atoms with Gasteiger partial charge in [0.15, 0.2) is 18.1 Å². The smallest absolute Gasteiger partial charge is 0.232 e. The zero-order chi connectivity index (χ0) is 20.4.